The largest absolute Gasteiger partial charge is 0.496 e. The van der Waals surface area contributed by atoms with Gasteiger partial charge < -0.3 is 14.6 Å². The molecule has 1 aliphatic heterocycles. The van der Waals surface area contributed by atoms with Gasteiger partial charge >= 0.3 is 0 Å². The van der Waals surface area contributed by atoms with Crippen LogP contribution in [0.3, 0.4) is 0 Å². The number of hydrogen-bond acceptors (Lipinski definition) is 2. The molecule has 4 nitrogen and oxygen atoms in total. The van der Waals surface area contributed by atoms with E-state index in [1.54, 1.807) is 18.1 Å². The van der Waals surface area contributed by atoms with Gasteiger partial charge in [0.15, 0.2) is 0 Å². The first-order chi connectivity index (χ1) is 12.1. The number of carbonyl (C=O) groups excluding carboxylic acids is 1. The van der Waals surface area contributed by atoms with Gasteiger partial charge in [-0.15, -0.1) is 0 Å². The summed E-state index contributed by atoms with van der Waals surface area (Å²) in [5.41, 5.74) is 1.74. The molecule has 25 heavy (non-hydrogen) atoms. The Morgan fingerprint density at radius 2 is 2.00 bits per heavy atom. The number of aromatic amines is 1. The zero-order valence-corrected chi connectivity index (χ0v) is 13.6. The maximum atomic E-state index is 13.8. The van der Waals surface area contributed by atoms with E-state index in [2.05, 4.69) is 4.98 Å². The van der Waals surface area contributed by atoms with Crippen molar-refractivity contribution >= 4 is 16.8 Å². The van der Waals surface area contributed by atoms with Crippen LogP contribution in [0.25, 0.3) is 10.9 Å². The Bertz CT molecular complexity index is 961. The molecule has 1 N–H and O–H groups in total. The molecule has 1 aliphatic rings. The fraction of sp³-hybridized carbons (Fsp3) is 0.211. The lowest BCUT2D eigenvalue weighted by Crippen LogP contribution is -2.48. The van der Waals surface area contributed by atoms with Crippen LogP contribution in [0, 0.1) is 11.6 Å². The van der Waals surface area contributed by atoms with E-state index in [0.29, 0.717) is 30.1 Å². The number of nitrogens with zero attached hydrogens (tertiary/aromatic N) is 1. The van der Waals surface area contributed by atoms with Crippen molar-refractivity contribution < 1.29 is 18.3 Å². The Hall–Kier alpha value is -2.89. The minimum atomic E-state index is -0.597. The summed E-state index contributed by atoms with van der Waals surface area (Å²) in [7, 11) is 1.58. The molecule has 4 rings (SSSR count). The number of halogens is 2. The number of rotatable bonds is 3. The van der Waals surface area contributed by atoms with Crippen molar-refractivity contribution in [2.45, 2.75) is 5.92 Å². The van der Waals surface area contributed by atoms with Gasteiger partial charge in [-0.25, -0.2) is 8.78 Å². The second-order valence-electron chi connectivity index (χ2n) is 6.18. The van der Waals surface area contributed by atoms with Gasteiger partial charge in [0.05, 0.1) is 7.11 Å². The normalized spacial score (nSPS) is 14.6. The van der Waals surface area contributed by atoms with Crippen LogP contribution in [-0.4, -0.2) is 36.0 Å². The highest BCUT2D eigenvalue weighted by Crippen LogP contribution is 2.32. The first-order valence-corrected chi connectivity index (χ1v) is 7.97. The Morgan fingerprint density at radius 3 is 2.72 bits per heavy atom. The van der Waals surface area contributed by atoms with Gasteiger partial charge in [0.2, 0.25) is 0 Å². The lowest BCUT2D eigenvalue weighted by atomic mass is 9.90. The smallest absolute Gasteiger partial charge is 0.270 e. The second kappa shape index (κ2) is 5.88. The van der Waals surface area contributed by atoms with E-state index >= 15 is 0 Å². The van der Waals surface area contributed by atoms with E-state index in [4.69, 9.17) is 4.74 Å². The molecule has 0 atom stereocenters. The van der Waals surface area contributed by atoms with Crippen molar-refractivity contribution in [3.05, 3.63) is 65.4 Å². The predicted octanol–water partition coefficient (Wildman–Crippen LogP) is 3.69. The number of H-pyrrole nitrogens is 1. The number of aromatic nitrogens is 1. The van der Waals surface area contributed by atoms with Crippen molar-refractivity contribution in [1.29, 1.82) is 0 Å². The van der Waals surface area contributed by atoms with E-state index in [9.17, 15) is 13.6 Å². The SMILES string of the molecule is COc1cccc2[nH]c(C(=O)N3CC(c4ccc(F)cc4F)C3)cc12. The third kappa shape index (κ3) is 2.63. The summed E-state index contributed by atoms with van der Waals surface area (Å²) in [6, 6.07) is 10.9. The third-order valence-electron chi connectivity index (χ3n) is 4.65. The molecule has 2 aromatic carbocycles. The predicted molar refractivity (Wildman–Crippen MR) is 89.9 cm³/mol. The average molecular weight is 342 g/mol. The summed E-state index contributed by atoms with van der Waals surface area (Å²) in [6.07, 6.45) is 0. The van der Waals surface area contributed by atoms with Crippen molar-refractivity contribution in [1.82, 2.24) is 9.88 Å². The van der Waals surface area contributed by atoms with Crippen molar-refractivity contribution in [2.24, 2.45) is 0 Å². The number of hydrogen-bond donors (Lipinski definition) is 1. The molecule has 1 amide bonds. The highest BCUT2D eigenvalue weighted by Gasteiger charge is 2.34. The molecule has 6 heteroatoms. The standard InChI is InChI=1S/C19H16F2N2O2/c1-25-18-4-2-3-16-14(18)8-17(22-16)19(24)23-9-11(10-23)13-6-5-12(20)7-15(13)21/h2-8,11,22H,9-10H2,1H3. The molecule has 0 radical (unpaired) electrons. The molecule has 1 fully saturated rings. The van der Waals surface area contributed by atoms with Gasteiger partial charge in [-0.1, -0.05) is 12.1 Å². The molecule has 0 unspecified atom stereocenters. The van der Waals surface area contributed by atoms with Gasteiger partial charge in [-0.2, -0.15) is 0 Å². The number of amides is 1. The second-order valence-corrected chi connectivity index (χ2v) is 6.18. The van der Waals surface area contributed by atoms with E-state index < -0.39 is 11.6 Å². The highest BCUT2D eigenvalue weighted by molar-refractivity contribution is 6.00. The zero-order valence-electron chi connectivity index (χ0n) is 13.6. The van der Waals surface area contributed by atoms with E-state index in [0.717, 1.165) is 17.0 Å². The first kappa shape index (κ1) is 15.6. The molecule has 0 spiro atoms. The Kier molecular flexibility index (Phi) is 3.67. The fourth-order valence-corrected chi connectivity index (χ4v) is 3.26. The Morgan fingerprint density at radius 1 is 1.20 bits per heavy atom. The van der Waals surface area contributed by atoms with Crippen LogP contribution < -0.4 is 4.74 Å². The number of ether oxygens (including phenoxy) is 1. The number of carbonyl (C=O) groups is 1. The Balaban J connectivity index is 1.52. The van der Waals surface area contributed by atoms with Gasteiger partial charge in [-0.05, 0) is 29.8 Å². The van der Waals surface area contributed by atoms with Gasteiger partial charge in [0, 0.05) is 36.0 Å². The average Bonchev–Trinajstić information content (AvgIpc) is 2.99. The molecular weight excluding hydrogens is 326 g/mol. The summed E-state index contributed by atoms with van der Waals surface area (Å²) in [5.74, 6) is -0.712. The van der Waals surface area contributed by atoms with Crippen molar-refractivity contribution in [2.75, 3.05) is 20.2 Å². The van der Waals surface area contributed by atoms with Crippen LogP contribution in [-0.2, 0) is 0 Å². The summed E-state index contributed by atoms with van der Waals surface area (Å²) in [4.78, 5) is 17.4. The minimum Gasteiger partial charge on any atom is -0.496 e. The monoisotopic (exact) mass is 342 g/mol. The van der Waals surface area contributed by atoms with Gasteiger partial charge in [-0.3, -0.25) is 4.79 Å². The summed E-state index contributed by atoms with van der Waals surface area (Å²) >= 11 is 0. The minimum absolute atomic E-state index is 0.108. The fourth-order valence-electron chi connectivity index (χ4n) is 3.26. The van der Waals surface area contributed by atoms with Crippen LogP contribution in [0.1, 0.15) is 22.0 Å². The number of likely N-dealkylation sites (tertiary alicyclic amines) is 1. The van der Waals surface area contributed by atoms with E-state index in [1.807, 2.05) is 18.2 Å². The van der Waals surface area contributed by atoms with E-state index in [-0.39, 0.29) is 11.8 Å². The molecule has 128 valence electrons. The number of fused-ring (bicyclic) bond motifs is 1. The summed E-state index contributed by atoms with van der Waals surface area (Å²) in [6.45, 7) is 0.821. The highest BCUT2D eigenvalue weighted by atomic mass is 19.1. The van der Waals surface area contributed by atoms with Gasteiger partial charge in [0.1, 0.15) is 23.1 Å². The molecule has 0 saturated carbocycles. The van der Waals surface area contributed by atoms with Gasteiger partial charge in [0.25, 0.3) is 5.91 Å². The molecule has 0 bridgehead atoms. The van der Waals surface area contributed by atoms with Crippen LogP contribution in [0.4, 0.5) is 8.78 Å². The zero-order chi connectivity index (χ0) is 17.6. The maximum absolute atomic E-state index is 13.8. The molecule has 2 heterocycles. The van der Waals surface area contributed by atoms with Crippen molar-refractivity contribution in [3.63, 3.8) is 0 Å². The summed E-state index contributed by atoms with van der Waals surface area (Å²) in [5, 5.41) is 0.843. The Labute approximate surface area is 143 Å². The van der Waals surface area contributed by atoms with Crippen LogP contribution in [0.15, 0.2) is 42.5 Å². The number of benzene rings is 2. The van der Waals surface area contributed by atoms with Crippen molar-refractivity contribution in [3.8, 4) is 5.75 Å². The molecule has 1 saturated heterocycles. The lowest BCUT2D eigenvalue weighted by molar-refractivity contribution is 0.0593. The summed E-state index contributed by atoms with van der Waals surface area (Å²) < 4.78 is 32.1. The number of nitrogens with one attached hydrogen (secondary N) is 1. The van der Waals surface area contributed by atoms with E-state index in [1.165, 1.54) is 12.1 Å². The molecule has 3 aromatic rings. The van der Waals surface area contributed by atoms with Crippen LogP contribution in [0.5, 0.6) is 5.75 Å². The first-order valence-electron chi connectivity index (χ1n) is 7.97. The van der Waals surface area contributed by atoms with Crippen LogP contribution in [0.2, 0.25) is 0 Å². The van der Waals surface area contributed by atoms with Crippen LogP contribution >= 0.6 is 0 Å². The molecular formula is C19H16F2N2O2. The topological polar surface area (TPSA) is 45.3 Å². The quantitative estimate of drug-likeness (QED) is 0.789. The third-order valence-corrected chi connectivity index (χ3v) is 4.65. The number of methoxy groups -OCH3 is 1. The molecule has 0 aliphatic carbocycles. The maximum Gasteiger partial charge on any atom is 0.270 e. The lowest BCUT2D eigenvalue weighted by Gasteiger charge is -2.39. The molecule has 1 aromatic heterocycles.